The van der Waals surface area contributed by atoms with Crippen molar-refractivity contribution in [2.24, 2.45) is 7.05 Å². The van der Waals surface area contributed by atoms with Crippen LogP contribution in [0.25, 0.3) is 0 Å². The molecule has 0 saturated heterocycles. The molecule has 0 atom stereocenters. The maximum absolute atomic E-state index is 14.7. The van der Waals surface area contributed by atoms with E-state index >= 15 is 0 Å². The zero-order valence-corrected chi connectivity index (χ0v) is 22.5. The monoisotopic (exact) mass is 523 g/mol. The van der Waals surface area contributed by atoms with E-state index in [1.54, 1.807) is 50.2 Å². The van der Waals surface area contributed by atoms with Gasteiger partial charge in [-0.15, -0.1) is 0 Å². The molecule has 1 saturated carbocycles. The third-order valence-electron chi connectivity index (χ3n) is 5.82. The molecule has 1 fully saturated rings. The van der Waals surface area contributed by atoms with E-state index in [2.05, 4.69) is 21.3 Å². The highest BCUT2D eigenvalue weighted by atomic mass is 19.1. The van der Waals surface area contributed by atoms with Crippen molar-refractivity contribution in [3.05, 3.63) is 75.3 Å². The molecule has 0 unspecified atom stereocenters. The summed E-state index contributed by atoms with van der Waals surface area (Å²) in [5, 5.41) is 11.0. The predicted molar refractivity (Wildman–Crippen MR) is 147 cm³/mol. The topological polar surface area (TPSA) is 113 Å². The number of benzene rings is 2. The average molecular weight is 524 g/mol. The summed E-state index contributed by atoms with van der Waals surface area (Å²) in [7, 11) is 3.00. The lowest BCUT2D eigenvalue weighted by molar-refractivity contribution is 0.0948. The molecule has 0 aliphatic heterocycles. The van der Waals surface area contributed by atoms with Crippen LogP contribution in [0.15, 0.2) is 47.3 Å². The van der Waals surface area contributed by atoms with Crippen molar-refractivity contribution < 1.29 is 18.7 Å². The maximum Gasteiger partial charge on any atom is 0.318 e. The Kier molecular flexibility index (Phi) is 9.11. The normalized spacial score (nSPS) is 12.1. The second-order valence-corrected chi connectivity index (χ2v) is 8.73. The van der Waals surface area contributed by atoms with Gasteiger partial charge in [0.05, 0.1) is 11.3 Å². The summed E-state index contributed by atoms with van der Waals surface area (Å²) < 4.78 is 22.1. The number of nitrogens with zero attached hydrogens (tertiary/aromatic N) is 1. The van der Waals surface area contributed by atoms with Crippen molar-refractivity contribution in [2.45, 2.75) is 46.6 Å². The maximum atomic E-state index is 14.7. The SMILES string of the molecule is CC.CNC(=O)Nc1cccc(Oc2c(C(=O)NC3CC3)c(Nc3ccc(C)cc3F)n(C)c(=O)c2C)c1. The van der Waals surface area contributed by atoms with E-state index in [9.17, 15) is 18.8 Å². The van der Waals surface area contributed by atoms with Gasteiger partial charge in [-0.3, -0.25) is 14.2 Å². The highest BCUT2D eigenvalue weighted by Crippen LogP contribution is 2.35. The lowest BCUT2D eigenvalue weighted by Crippen LogP contribution is -2.31. The van der Waals surface area contributed by atoms with E-state index in [1.165, 1.54) is 24.7 Å². The predicted octanol–water partition coefficient (Wildman–Crippen LogP) is 5.35. The Labute approximate surface area is 221 Å². The van der Waals surface area contributed by atoms with Crippen LogP contribution in [0.3, 0.4) is 0 Å². The van der Waals surface area contributed by atoms with Crippen molar-refractivity contribution in [3.63, 3.8) is 0 Å². The lowest BCUT2D eigenvalue weighted by Gasteiger charge is -2.21. The molecule has 0 spiro atoms. The van der Waals surface area contributed by atoms with Crippen molar-refractivity contribution in [1.82, 2.24) is 15.2 Å². The van der Waals surface area contributed by atoms with Crippen LogP contribution in [-0.4, -0.2) is 29.6 Å². The highest BCUT2D eigenvalue weighted by Gasteiger charge is 2.30. The standard InChI is InChI=1S/C26H28FN5O4.C2H6/c1-14-8-11-20(19(27)12-14)31-23-21(24(33)29-16-9-10-16)22(15(2)25(34)32(23)4)36-18-7-5-6-17(13-18)30-26(35)28-3;1-2/h5-8,11-13,16,31H,9-10H2,1-4H3,(H,29,33)(H2,28,30,35);1-2H3. The number of ether oxygens (including phenoxy) is 1. The molecule has 2 aromatic carbocycles. The molecule has 0 bridgehead atoms. The number of pyridine rings is 1. The molecule has 10 heteroatoms. The second kappa shape index (κ2) is 12.3. The third kappa shape index (κ3) is 6.50. The Bertz CT molecular complexity index is 1400. The minimum atomic E-state index is -0.521. The Hall–Kier alpha value is -4.34. The quantitative estimate of drug-likeness (QED) is 0.334. The molecule has 1 heterocycles. The smallest absolute Gasteiger partial charge is 0.318 e. The molecule has 3 amide bonds. The Morgan fingerprint density at radius 2 is 1.79 bits per heavy atom. The highest BCUT2D eigenvalue weighted by molar-refractivity contribution is 6.03. The lowest BCUT2D eigenvalue weighted by atomic mass is 10.1. The first-order valence-corrected chi connectivity index (χ1v) is 12.5. The largest absolute Gasteiger partial charge is 0.456 e. The molecule has 0 radical (unpaired) electrons. The molecular formula is C28H34FN5O4. The molecule has 3 aromatic rings. The fraction of sp³-hybridized carbons (Fsp3) is 0.321. The Morgan fingerprint density at radius 3 is 2.42 bits per heavy atom. The summed E-state index contributed by atoms with van der Waals surface area (Å²) in [6.07, 6.45) is 1.71. The van der Waals surface area contributed by atoms with E-state index in [0.717, 1.165) is 18.4 Å². The summed E-state index contributed by atoms with van der Waals surface area (Å²) in [6.45, 7) is 7.33. The van der Waals surface area contributed by atoms with E-state index in [-0.39, 0.29) is 34.4 Å². The van der Waals surface area contributed by atoms with Crippen molar-refractivity contribution >= 4 is 29.1 Å². The number of halogens is 1. The van der Waals surface area contributed by atoms with Crippen LogP contribution in [0.4, 0.5) is 26.4 Å². The van der Waals surface area contributed by atoms with Gasteiger partial charge in [0, 0.05) is 31.9 Å². The summed E-state index contributed by atoms with van der Waals surface area (Å²) in [4.78, 5) is 38.3. The first kappa shape index (κ1) is 28.2. The molecule has 1 aromatic heterocycles. The first-order valence-electron chi connectivity index (χ1n) is 12.5. The molecule has 1 aliphatic rings. The molecule has 9 nitrogen and oxygen atoms in total. The summed E-state index contributed by atoms with van der Waals surface area (Å²) >= 11 is 0. The minimum Gasteiger partial charge on any atom is -0.456 e. The number of carbonyl (C=O) groups is 2. The Morgan fingerprint density at radius 1 is 1.08 bits per heavy atom. The Balaban J connectivity index is 0.00000195. The van der Waals surface area contributed by atoms with Crippen molar-refractivity contribution in [1.29, 1.82) is 0 Å². The van der Waals surface area contributed by atoms with Crippen LogP contribution >= 0.6 is 0 Å². The number of carbonyl (C=O) groups excluding carboxylic acids is 2. The van der Waals surface area contributed by atoms with Crippen LogP contribution in [0.1, 0.15) is 48.2 Å². The van der Waals surface area contributed by atoms with Crippen molar-refractivity contribution in [2.75, 3.05) is 17.7 Å². The number of urea groups is 1. The van der Waals surface area contributed by atoms with E-state index in [4.69, 9.17) is 4.74 Å². The summed E-state index contributed by atoms with van der Waals surface area (Å²) in [6, 6.07) is 10.8. The van der Waals surface area contributed by atoms with E-state index < -0.39 is 23.3 Å². The van der Waals surface area contributed by atoms with Gasteiger partial charge in [-0.1, -0.05) is 26.0 Å². The molecule has 1 aliphatic carbocycles. The van der Waals surface area contributed by atoms with Gasteiger partial charge >= 0.3 is 6.03 Å². The van der Waals surface area contributed by atoms with E-state index in [1.807, 2.05) is 13.8 Å². The fourth-order valence-electron chi connectivity index (χ4n) is 3.68. The van der Waals surface area contributed by atoms with Gasteiger partial charge in [-0.2, -0.15) is 0 Å². The van der Waals surface area contributed by atoms with Crippen LogP contribution < -0.4 is 31.6 Å². The molecule has 202 valence electrons. The minimum absolute atomic E-state index is 0.0342. The zero-order valence-electron chi connectivity index (χ0n) is 22.5. The number of hydrogen-bond acceptors (Lipinski definition) is 5. The van der Waals surface area contributed by atoms with Gasteiger partial charge in [0.1, 0.15) is 22.9 Å². The fourth-order valence-corrected chi connectivity index (χ4v) is 3.68. The van der Waals surface area contributed by atoms with Crippen LogP contribution in [0.2, 0.25) is 0 Å². The summed E-state index contributed by atoms with van der Waals surface area (Å²) in [5.74, 6) is -0.523. The molecule has 38 heavy (non-hydrogen) atoms. The number of rotatable bonds is 7. The van der Waals surface area contributed by atoms with E-state index in [0.29, 0.717) is 11.4 Å². The average Bonchev–Trinajstić information content (AvgIpc) is 3.72. The van der Waals surface area contributed by atoms with Crippen LogP contribution in [0, 0.1) is 19.7 Å². The number of aromatic nitrogens is 1. The van der Waals surface area contributed by atoms with Crippen LogP contribution in [0.5, 0.6) is 11.5 Å². The van der Waals surface area contributed by atoms with Gasteiger partial charge in [0.15, 0.2) is 5.75 Å². The summed E-state index contributed by atoms with van der Waals surface area (Å²) in [5.41, 5.74) is 1.17. The third-order valence-corrected chi connectivity index (χ3v) is 5.82. The van der Waals surface area contributed by atoms with Gasteiger partial charge in [-0.25, -0.2) is 9.18 Å². The number of anilines is 3. The number of amides is 3. The van der Waals surface area contributed by atoms with Gasteiger partial charge in [0.25, 0.3) is 11.5 Å². The van der Waals surface area contributed by atoms with Gasteiger partial charge < -0.3 is 26.0 Å². The second-order valence-electron chi connectivity index (χ2n) is 8.73. The molecule has 4 rings (SSSR count). The first-order chi connectivity index (χ1) is 18.2. The van der Waals surface area contributed by atoms with Crippen molar-refractivity contribution in [3.8, 4) is 11.5 Å². The number of aryl methyl sites for hydroxylation is 1. The van der Waals surface area contributed by atoms with Gasteiger partial charge in [-0.05, 0) is 56.5 Å². The molecule has 4 N–H and O–H groups in total. The van der Waals surface area contributed by atoms with Gasteiger partial charge in [0.2, 0.25) is 0 Å². The number of hydrogen-bond donors (Lipinski definition) is 4. The van der Waals surface area contributed by atoms with Crippen LogP contribution in [-0.2, 0) is 7.05 Å². The zero-order chi connectivity index (χ0) is 28.0. The molecular weight excluding hydrogens is 489 g/mol. The number of nitrogens with one attached hydrogen (secondary N) is 4.